The lowest BCUT2D eigenvalue weighted by atomic mass is 9.65. The zero-order valence-corrected chi connectivity index (χ0v) is 12.0. The molecule has 0 saturated carbocycles. The Balaban J connectivity index is 2.11. The molecule has 0 spiro atoms. The Morgan fingerprint density at radius 1 is 1.50 bits per heavy atom. The molecule has 0 aliphatic heterocycles. The van der Waals surface area contributed by atoms with Gasteiger partial charge in [0, 0.05) is 11.6 Å². The molecule has 0 bridgehead atoms. The standard InChI is InChI=1S/C17H19NO2/c1-4-7-17-10-11(2)8-12(17)9-14-13(16(17)19)5-6-15(18-14)20-3/h4-6,10,12H,1,7-9H2,2-3H3/t12-,17-/m0/s1. The summed E-state index contributed by atoms with van der Waals surface area (Å²) in [6.45, 7) is 5.94. The molecule has 2 aliphatic carbocycles. The van der Waals surface area contributed by atoms with Crippen molar-refractivity contribution in [3.8, 4) is 5.88 Å². The molecule has 0 aromatic carbocycles. The van der Waals surface area contributed by atoms with E-state index in [2.05, 4.69) is 24.6 Å². The van der Waals surface area contributed by atoms with Gasteiger partial charge in [-0.2, -0.15) is 0 Å². The molecule has 2 atom stereocenters. The Labute approximate surface area is 119 Å². The van der Waals surface area contributed by atoms with Crippen LogP contribution in [0.5, 0.6) is 5.88 Å². The van der Waals surface area contributed by atoms with Crippen LogP contribution in [0.3, 0.4) is 0 Å². The quantitative estimate of drug-likeness (QED) is 0.790. The highest BCUT2D eigenvalue weighted by Crippen LogP contribution is 2.51. The summed E-state index contributed by atoms with van der Waals surface area (Å²) in [6.07, 6.45) is 6.54. The minimum absolute atomic E-state index is 0.190. The molecule has 3 heteroatoms. The molecule has 2 aliphatic rings. The number of fused-ring (bicyclic) bond motifs is 2. The third kappa shape index (κ3) is 1.73. The van der Waals surface area contributed by atoms with Crippen molar-refractivity contribution < 1.29 is 9.53 Å². The first-order valence-corrected chi connectivity index (χ1v) is 6.98. The Kier molecular flexibility index (Phi) is 3.00. The van der Waals surface area contributed by atoms with Crippen LogP contribution in [0.2, 0.25) is 0 Å². The summed E-state index contributed by atoms with van der Waals surface area (Å²) in [5, 5.41) is 0. The van der Waals surface area contributed by atoms with Gasteiger partial charge in [0.15, 0.2) is 5.78 Å². The van der Waals surface area contributed by atoms with Gasteiger partial charge in [-0.1, -0.05) is 17.7 Å². The van der Waals surface area contributed by atoms with Crippen LogP contribution in [0.4, 0.5) is 0 Å². The van der Waals surface area contributed by atoms with Crippen LogP contribution in [0.1, 0.15) is 35.8 Å². The smallest absolute Gasteiger partial charge is 0.213 e. The lowest BCUT2D eigenvalue weighted by Gasteiger charge is -2.37. The topological polar surface area (TPSA) is 39.2 Å². The van der Waals surface area contributed by atoms with E-state index in [1.165, 1.54) is 5.57 Å². The van der Waals surface area contributed by atoms with Crippen molar-refractivity contribution in [1.29, 1.82) is 0 Å². The first-order chi connectivity index (χ1) is 9.60. The van der Waals surface area contributed by atoms with Crippen LogP contribution in [0.15, 0.2) is 36.4 Å². The van der Waals surface area contributed by atoms with E-state index in [1.807, 2.05) is 12.1 Å². The molecular formula is C17H19NO2. The summed E-state index contributed by atoms with van der Waals surface area (Å²) < 4.78 is 5.17. The zero-order valence-electron chi connectivity index (χ0n) is 12.0. The van der Waals surface area contributed by atoms with E-state index >= 15 is 0 Å². The van der Waals surface area contributed by atoms with Crippen LogP contribution in [-0.2, 0) is 6.42 Å². The molecule has 20 heavy (non-hydrogen) atoms. The Morgan fingerprint density at radius 3 is 3.00 bits per heavy atom. The van der Waals surface area contributed by atoms with E-state index in [0.29, 0.717) is 18.2 Å². The van der Waals surface area contributed by atoms with Gasteiger partial charge in [0.2, 0.25) is 5.88 Å². The molecule has 3 rings (SSSR count). The number of methoxy groups -OCH3 is 1. The highest BCUT2D eigenvalue weighted by molar-refractivity contribution is 6.04. The first kappa shape index (κ1) is 13.1. The van der Waals surface area contributed by atoms with Gasteiger partial charge in [-0.15, -0.1) is 6.58 Å². The zero-order chi connectivity index (χ0) is 14.3. The fourth-order valence-electron chi connectivity index (χ4n) is 3.69. The summed E-state index contributed by atoms with van der Waals surface area (Å²) in [5.74, 6) is 1.08. The van der Waals surface area contributed by atoms with Crippen LogP contribution in [-0.4, -0.2) is 17.9 Å². The molecule has 1 heterocycles. The number of ketones is 1. The predicted molar refractivity (Wildman–Crippen MR) is 77.9 cm³/mol. The van der Waals surface area contributed by atoms with Crippen LogP contribution in [0, 0.1) is 11.3 Å². The molecule has 0 saturated heterocycles. The molecule has 0 fully saturated rings. The number of hydrogen-bond donors (Lipinski definition) is 0. The number of rotatable bonds is 3. The fourth-order valence-corrected chi connectivity index (χ4v) is 3.69. The molecule has 1 aromatic heterocycles. The maximum atomic E-state index is 13.0. The minimum atomic E-state index is -0.394. The number of hydrogen-bond acceptors (Lipinski definition) is 3. The second kappa shape index (κ2) is 4.58. The van der Waals surface area contributed by atoms with Gasteiger partial charge < -0.3 is 4.74 Å². The average molecular weight is 269 g/mol. The van der Waals surface area contributed by atoms with Crippen molar-refractivity contribution in [2.24, 2.45) is 11.3 Å². The molecule has 104 valence electrons. The predicted octanol–water partition coefficient (Wildman–Crippen LogP) is 3.36. The van der Waals surface area contributed by atoms with E-state index in [-0.39, 0.29) is 5.78 Å². The van der Waals surface area contributed by atoms with Gasteiger partial charge in [0.25, 0.3) is 0 Å². The van der Waals surface area contributed by atoms with Crippen LogP contribution < -0.4 is 4.74 Å². The maximum absolute atomic E-state index is 13.0. The SMILES string of the molecule is C=CC[C@]12C=C(C)C[C@H]1Cc1nc(OC)ccc1C2=O. The number of allylic oxidation sites excluding steroid dienone is 3. The number of ether oxygens (including phenoxy) is 1. The van der Waals surface area contributed by atoms with E-state index in [1.54, 1.807) is 13.2 Å². The number of carbonyl (C=O) groups is 1. The summed E-state index contributed by atoms with van der Waals surface area (Å²) in [4.78, 5) is 17.4. The molecule has 0 unspecified atom stereocenters. The number of aromatic nitrogens is 1. The van der Waals surface area contributed by atoms with Gasteiger partial charge in [-0.25, -0.2) is 4.98 Å². The summed E-state index contributed by atoms with van der Waals surface area (Å²) in [7, 11) is 1.60. The van der Waals surface area contributed by atoms with Gasteiger partial charge in [0.1, 0.15) is 0 Å². The summed E-state index contributed by atoms with van der Waals surface area (Å²) >= 11 is 0. The Bertz CT molecular complexity index is 617. The van der Waals surface area contributed by atoms with E-state index in [4.69, 9.17) is 4.74 Å². The second-order valence-electron chi connectivity index (χ2n) is 5.81. The van der Waals surface area contributed by atoms with Gasteiger partial charge in [0.05, 0.1) is 18.2 Å². The third-order valence-electron chi connectivity index (χ3n) is 4.55. The minimum Gasteiger partial charge on any atom is -0.481 e. The number of pyridine rings is 1. The molecule has 0 amide bonds. The van der Waals surface area contributed by atoms with Crippen molar-refractivity contribution >= 4 is 5.78 Å². The highest BCUT2D eigenvalue weighted by Gasteiger charge is 2.50. The lowest BCUT2D eigenvalue weighted by molar-refractivity contribution is 0.0758. The number of carbonyl (C=O) groups excluding carboxylic acids is 1. The van der Waals surface area contributed by atoms with Crippen molar-refractivity contribution in [2.75, 3.05) is 7.11 Å². The van der Waals surface area contributed by atoms with Gasteiger partial charge in [-0.05, 0) is 38.2 Å². The van der Waals surface area contributed by atoms with E-state index < -0.39 is 5.41 Å². The molecule has 3 nitrogen and oxygen atoms in total. The Hall–Kier alpha value is -1.90. The normalized spacial score (nSPS) is 27.6. The largest absolute Gasteiger partial charge is 0.481 e. The third-order valence-corrected chi connectivity index (χ3v) is 4.55. The summed E-state index contributed by atoms with van der Waals surface area (Å²) in [6, 6.07) is 3.62. The average Bonchev–Trinajstić information content (AvgIpc) is 2.75. The van der Waals surface area contributed by atoms with Crippen molar-refractivity contribution in [2.45, 2.75) is 26.2 Å². The fraction of sp³-hybridized carbons (Fsp3) is 0.412. The van der Waals surface area contributed by atoms with Crippen LogP contribution in [0.25, 0.3) is 0 Å². The molecule has 1 aromatic rings. The monoisotopic (exact) mass is 269 g/mol. The van der Waals surface area contributed by atoms with Gasteiger partial charge >= 0.3 is 0 Å². The first-order valence-electron chi connectivity index (χ1n) is 6.98. The van der Waals surface area contributed by atoms with Crippen molar-refractivity contribution in [3.05, 3.63) is 47.7 Å². The lowest BCUT2D eigenvalue weighted by Crippen LogP contribution is -2.40. The highest BCUT2D eigenvalue weighted by atomic mass is 16.5. The maximum Gasteiger partial charge on any atom is 0.213 e. The summed E-state index contributed by atoms with van der Waals surface area (Å²) in [5.41, 5.74) is 2.52. The number of nitrogens with zero attached hydrogens (tertiary/aromatic N) is 1. The van der Waals surface area contributed by atoms with Crippen molar-refractivity contribution in [1.82, 2.24) is 4.98 Å². The molecule has 0 radical (unpaired) electrons. The van der Waals surface area contributed by atoms with E-state index in [0.717, 1.165) is 24.1 Å². The van der Waals surface area contributed by atoms with Gasteiger partial charge in [-0.3, -0.25) is 4.79 Å². The van der Waals surface area contributed by atoms with Crippen LogP contribution >= 0.6 is 0 Å². The molecular weight excluding hydrogens is 250 g/mol. The van der Waals surface area contributed by atoms with E-state index in [9.17, 15) is 4.79 Å². The van der Waals surface area contributed by atoms with Crippen molar-refractivity contribution in [3.63, 3.8) is 0 Å². The molecule has 0 N–H and O–H groups in total. The number of Topliss-reactive ketones (excluding diaryl/α,β-unsaturated/α-hetero) is 1. The Morgan fingerprint density at radius 2 is 2.30 bits per heavy atom. The second-order valence-corrected chi connectivity index (χ2v) is 5.81.